The van der Waals surface area contributed by atoms with Gasteiger partial charge in [-0.25, -0.2) is 4.79 Å². The molecule has 2 aromatic rings. The molecule has 36 heavy (non-hydrogen) atoms. The Kier molecular flexibility index (Phi) is 9.51. The molecule has 1 aliphatic rings. The highest BCUT2D eigenvalue weighted by Crippen LogP contribution is 2.33. The monoisotopic (exact) mass is 520 g/mol. The lowest BCUT2D eigenvalue weighted by molar-refractivity contribution is -0.164. The molecule has 11 heteroatoms. The van der Waals surface area contributed by atoms with Crippen molar-refractivity contribution in [1.29, 1.82) is 0 Å². The predicted octanol–water partition coefficient (Wildman–Crippen LogP) is 2.45. The number of hydrogen-bond donors (Lipinski definition) is 2. The molecule has 3 N–H and O–H groups in total. The largest absolute Gasteiger partial charge is 0.486 e. The van der Waals surface area contributed by atoms with E-state index in [0.717, 1.165) is 0 Å². The highest BCUT2D eigenvalue weighted by molar-refractivity contribution is 6.30. The summed E-state index contributed by atoms with van der Waals surface area (Å²) in [5, 5.41) is 0.446. The van der Waals surface area contributed by atoms with E-state index in [0.29, 0.717) is 27.8 Å². The molecule has 2 unspecified atom stereocenters. The van der Waals surface area contributed by atoms with Crippen LogP contribution in [0.25, 0.3) is 0 Å². The molecule has 3 atom stereocenters. The summed E-state index contributed by atoms with van der Waals surface area (Å²) in [6.45, 7) is 3.29. The molecule has 0 fully saturated rings. The van der Waals surface area contributed by atoms with Crippen LogP contribution < -0.4 is 25.4 Å². The van der Waals surface area contributed by atoms with Crippen LogP contribution in [-0.4, -0.2) is 50.3 Å². The van der Waals surface area contributed by atoms with Crippen LogP contribution in [-0.2, 0) is 30.4 Å². The van der Waals surface area contributed by atoms with Gasteiger partial charge in [0.1, 0.15) is 24.3 Å². The summed E-state index contributed by atoms with van der Waals surface area (Å²) in [5.41, 5.74) is 9.15. The Balaban J connectivity index is 1.74. The Morgan fingerprint density at radius 3 is 2.53 bits per heavy atom. The molecule has 1 aliphatic heterocycles. The van der Waals surface area contributed by atoms with Crippen LogP contribution in [0, 0.1) is 11.8 Å². The zero-order valence-electron chi connectivity index (χ0n) is 20.2. The zero-order valence-corrected chi connectivity index (χ0v) is 20.9. The normalized spacial score (nSPS) is 14.6. The van der Waals surface area contributed by atoms with Gasteiger partial charge in [-0.2, -0.15) is 0 Å². The first-order chi connectivity index (χ1) is 17.2. The number of nitrogens with two attached hydrogens (primary N) is 1. The maximum atomic E-state index is 13.1. The lowest BCUT2D eigenvalue weighted by Gasteiger charge is -2.26. The number of methoxy groups -OCH3 is 1. The summed E-state index contributed by atoms with van der Waals surface area (Å²) in [6.07, 6.45) is 0.0181. The number of Topliss-reactive ketones (excluding diaryl/α,β-unsaturated/α-hetero) is 1. The van der Waals surface area contributed by atoms with Crippen LogP contribution in [0.3, 0.4) is 0 Å². The van der Waals surface area contributed by atoms with E-state index in [2.05, 4.69) is 10.2 Å². The second-order valence-electron chi connectivity index (χ2n) is 8.51. The van der Waals surface area contributed by atoms with Gasteiger partial charge in [0.15, 0.2) is 17.3 Å². The van der Waals surface area contributed by atoms with Gasteiger partial charge in [0.05, 0.1) is 13.2 Å². The number of halogens is 1. The van der Waals surface area contributed by atoms with Crippen LogP contribution in [0.15, 0.2) is 42.5 Å². The quantitative estimate of drug-likeness (QED) is 0.244. The van der Waals surface area contributed by atoms with Crippen LogP contribution in [0.4, 0.5) is 0 Å². The van der Waals surface area contributed by atoms with Gasteiger partial charge in [-0.15, -0.1) is 5.48 Å². The molecule has 0 bridgehead atoms. The van der Waals surface area contributed by atoms with Gasteiger partial charge in [0.2, 0.25) is 6.79 Å². The maximum absolute atomic E-state index is 13.1. The summed E-state index contributed by atoms with van der Waals surface area (Å²) in [6, 6.07) is 9.86. The van der Waals surface area contributed by atoms with E-state index in [9.17, 15) is 14.4 Å². The van der Waals surface area contributed by atoms with Crippen molar-refractivity contribution in [3.63, 3.8) is 0 Å². The highest BCUT2D eigenvalue weighted by atomic mass is 35.5. The van der Waals surface area contributed by atoms with Crippen molar-refractivity contribution in [1.82, 2.24) is 5.48 Å². The molecule has 0 amide bonds. The summed E-state index contributed by atoms with van der Waals surface area (Å²) in [5.74, 6) is -1.97. The average molecular weight is 521 g/mol. The van der Waals surface area contributed by atoms with E-state index in [1.54, 1.807) is 56.3 Å². The molecule has 194 valence electrons. The Labute approximate surface area is 213 Å². The summed E-state index contributed by atoms with van der Waals surface area (Å²) < 4.78 is 20.9. The van der Waals surface area contributed by atoms with Gasteiger partial charge in [0, 0.05) is 5.02 Å². The molecular weight excluding hydrogens is 492 g/mol. The Hall–Kier alpha value is -3.34. The van der Waals surface area contributed by atoms with E-state index >= 15 is 0 Å². The number of hydroxylamine groups is 1. The Bertz CT molecular complexity index is 1090. The van der Waals surface area contributed by atoms with E-state index in [1.807, 2.05) is 0 Å². The third-order valence-electron chi connectivity index (χ3n) is 5.60. The lowest BCUT2D eigenvalue weighted by atomic mass is 9.95. The van der Waals surface area contributed by atoms with Gasteiger partial charge >= 0.3 is 11.9 Å². The number of esters is 1. The SMILES string of the molecule is COC(=O)[C@@H](N)C(NOC(=O)C(Cc1ccc2c(c1)OCO2)C(=O)COc1cccc(Cl)c1)C(C)C. The number of ketones is 1. The van der Waals surface area contributed by atoms with Crippen molar-refractivity contribution in [2.75, 3.05) is 20.5 Å². The fourth-order valence-electron chi connectivity index (χ4n) is 3.55. The van der Waals surface area contributed by atoms with Crippen molar-refractivity contribution >= 4 is 29.3 Å². The number of carbonyl (C=O) groups excluding carboxylic acids is 3. The van der Waals surface area contributed by atoms with Gasteiger partial charge < -0.3 is 29.5 Å². The minimum Gasteiger partial charge on any atom is -0.486 e. The Morgan fingerprint density at radius 2 is 1.83 bits per heavy atom. The minimum absolute atomic E-state index is 0.0181. The molecule has 2 aromatic carbocycles. The summed E-state index contributed by atoms with van der Waals surface area (Å²) in [7, 11) is 1.21. The first-order valence-corrected chi connectivity index (χ1v) is 11.7. The third-order valence-corrected chi connectivity index (χ3v) is 5.84. The lowest BCUT2D eigenvalue weighted by Crippen LogP contribution is -2.54. The van der Waals surface area contributed by atoms with E-state index in [-0.39, 0.29) is 25.7 Å². The first-order valence-electron chi connectivity index (χ1n) is 11.3. The fraction of sp³-hybridized carbons (Fsp3) is 0.400. The molecule has 3 rings (SSSR count). The van der Waals surface area contributed by atoms with Crippen molar-refractivity contribution < 1.29 is 38.2 Å². The van der Waals surface area contributed by atoms with E-state index in [1.165, 1.54) is 7.11 Å². The third kappa shape index (κ3) is 7.09. The smallest absolute Gasteiger partial charge is 0.335 e. The summed E-state index contributed by atoms with van der Waals surface area (Å²) in [4.78, 5) is 43.4. The molecule has 0 spiro atoms. The van der Waals surface area contributed by atoms with Crippen LogP contribution in [0.5, 0.6) is 17.2 Å². The first kappa shape index (κ1) is 27.3. The van der Waals surface area contributed by atoms with Crippen molar-refractivity contribution in [3.8, 4) is 17.2 Å². The number of benzene rings is 2. The molecule has 0 saturated carbocycles. The molecule has 0 radical (unpaired) electrons. The van der Waals surface area contributed by atoms with Crippen LogP contribution in [0.2, 0.25) is 5.02 Å². The maximum Gasteiger partial charge on any atom is 0.335 e. The molecule has 1 heterocycles. The van der Waals surface area contributed by atoms with Crippen LogP contribution >= 0.6 is 11.6 Å². The molecular formula is C25H29ClN2O8. The Morgan fingerprint density at radius 1 is 1.08 bits per heavy atom. The fourth-order valence-corrected chi connectivity index (χ4v) is 3.73. The van der Waals surface area contributed by atoms with E-state index in [4.69, 9.17) is 36.4 Å². The zero-order chi connectivity index (χ0) is 26.2. The number of carbonyl (C=O) groups is 3. The van der Waals surface area contributed by atoms with Gasteiger partial charge in [-0.05, 0) is 48.2 Å². The number of fused-ring (bicyclic) bond motifs is 1. The van der Waals surface area contributed by atoms with Crippen molar-refractivity contribution in [2.45, 2.75) is 32.4 Å². The number of nitrogens with one attached hydrogen (secondary N) is 1. The molecule has 0 aromatic heterocycles. The standard InChI is InChI=1S/C25H29ClN2O8/c1-14(2)23(22(27)25(31)32-3)28-36-24(30)18(9-15-7-8-20-21(10-15)35-13-34-20)19(29)12-33-17-6-4-5-16(26)11-17/h4-8,10-11,14,18,22-23,28H,9,12-13,27H2,1-3H3/t18?,22-,23?/m0/s1. The predicted molar refractivity (Wildman–Crippen MR) is 130 cm³/mol. The minimum atomic E-state index is -1.22. The molecule has 10 nitrogen and oxygen atoms in total. The van der Waals surface area contributed by atoms with E-state index < -0.39 is 35.7 Å². The summed E-state index contributed by atoms with van der Waals surface area (Å²) >= 11 is 5.97. The second-order valence-corrected chi connectivity index (χ2v) is 8.95. The second kappa shape index (κ2) is 12.6. The number of hydrogen-bond acceptors (Lipinski definition) is 10. The number of ether oxygens (including phenoxy) is 4. The molecule has 0 saturated heterocycles. The van der Waals surface area contributed by atoms with Crippen molar-refractivity contribution in [2.24, 2.45) is 17.6 Å². The molecule has 0 aliphatic carbocycles. The van der Waals surface area contributed by atoms with Gasteiger partial charge in [-0.1, -0.05) is 37.6 Å². The van der Waals surface area contributed by atoms with Crippen LogP contribution in [0.1, 0.15) is 19.4 Å². The van der Waals surface area contributed by atoms with Gasteiger partial charge in [-0.3, -0.25) is 9.59 Å². The van der Waals surface area contributed by atoms with Crippen molar-refractivity contribution in [3.05, 3.63) is 53.1 Å². The highest BCUT2D eigenvalue weighted by Gasteiger charge is 2.33. The average Bonchev–Trinajstić information content (AvgIpc) is 3.33. The number of rotatable bonds is 12. The van der Waals surface area contributed by atoms with Gasteiger partial charge in [0.25, 0.3) is 0 Å². The topological polar surface area (TPSA) is 135 Å².